The number of nitrogens with zero attached hydrogens (tertiary/aromatic N) is 3. The molecule has 7 heteroatoms. The summed E-state index contributed by atoms with van der Waals surface area (Å²) in [4.78, 5) is 30.1. The number of hydrogen-bond acceptors (Lipinski definition) is 4. The third kappa shape index (κ3) is 3.62. The van der Waals surface area contributed by atoms with Crippen molar-refractivity contribution >= 4 is 28.7 Å². The molecule has 7 nitrogen and oxygen atoms in total. The molecule has 2 amide bonds. The number of hydrogen-bond donors (Lipinski definition) is 2. The van der Waals surface area contributed by atoms with Gasteiger partial charge in [0.15, 0.2) is 5.69 Å². The van der Waals surface area contributed by atoms with Crippen molar-refractivity contribution in [1.82, 2.24) is 9.38 Å². The number of nitriles is 1. The normalized spacial score (nSPS) is 10.4. The van der Waals surface area contributed by atoms with Gasteiger partial charge in [0.2, 0.25) is 5.82 Å². The fourth-order valence-electron chi connectivity index (χ4n) is 3.15. The Kier molecular flexibility index (Phi) is 4.97. The molecule has 0 spiro atoms. The van der Waals surface area contributed by atoms with Crippen LogP contribution in [0.2, 0.25) is 0 Å². The molecule has 0 aliphatic heterocycles. The highest BCUT2D eigenvalue weighted by atomic mass is 16.2. The van der Waals surface area contributed by atoms with Crippen LogP contribution in [0.5, 0.6) is 0 Å². The summed E-state index contributed by atoms with van der Waals surface area (Å²) in [5.41, 5.74) is 3.01. The predicted octanol–water partition coefficient (Wildman–Crippen LogP) is 4.02. The van der Waals surface area contributed by atoms with Gasteiger partial charge in [-0.1, -0.05) is 30.3 Å². The molecule has 4 rings (SSSR count). The van der Waals surface area contributed by atoms with Crippen molar-refractivity contribution in [2.75, 3.05) is 10.6 Å². The Hall–Kier alpha value is -4.44. The molecule has 0 unspecified atom stereocenters. The van der Waals surface area contributed by atoms with Gasteiger partial charge in [-0.05, 0) is 48.9 Å². The van der Waals surface area contributed by atoms with Gasteiger partial charge in [-0.25, -0.2) is 4.98 Å². The number of anilines is 2. The number of nitrogens with one attached hydrogen (secondary N) is 2. The van der Waals surface area contributed by atoms with E-state index in [0.717, 1.165) is 5.56 Å². The molecule has 2 N–H and O–H groups in total. The minimum Gasteiger partial charge on any atom is -0.321 e. The average Bonchev–Trinajstić information content (AvgIpc) is 3.14. The first kappa shape index (κ1) is 18.9. The number of fused-ring (bicyclic) bond motifs is 1. The maximum atomic E-state index is 12.9. The Morgan fingerprint density at radius 3 is 2.57 bits per heavy atom. The number of carbonyl (C=O) groups excluding carboxylic acids is 2. The Labute approximate surface area is 172 Å². The molecular formula is C23H17N5O2. The quantitative estimate of drug-likeness (QED) is 0.545. The number of carbonyl (C=O) groups is 2. The molecule has 30 heavy (non-hydrogen) atoms. The van der Waals surface area contributed by atoms with Crippen molar-refractivity contribution in [1.29, 1.82) is 5.26 Å². The number of pyridine rings is 1. The van der Waals surface area contributed by atoms with Gasteiger partial charge in [-0.2, -0.15) is 5.26 Å². The van der Waals surface area contributed by atoms with Crippen molar-refractivity contribution in [2.45, 2.75) is 6.92 Å². The smallest absolute Gasteiger partial charge is 0.292 e. The van der Waals surface area contributed by atoms with Crippen LogP contribution in [0.3, 0.4) is 0 Å². The standard InChI is InChI=1S/C23H17N5O2/c1-15-7-6-9-17(13-15)25-22(29)20-19-11-4-5-12-28(19)21(27-20)23(30)26-18-10-3-2-8-16(18)14-24/h2-13H,1H3,(H,25,29)(H,26,30). The van der Waals surface area contributed by atoms with E-state index in [2.05, 4.69) is 15.6 Å². The van der Waals surface area contributed by atoms with Gasteiger partial charge in [0.25, 0.3) is 11.8 Å². The van der Waals surface area contributed by atoms with Gasteiger partial charge < -0.3 is 10.6 Å². The van der Waals surface area contributed by atoms with Crippen LogP contribution >= 0.6 is 0 Å². The highest BCUT2D eigenvalue weighted by Gasteiger charge is 2.22. The van der Waals surface area contributed by atoms with Crippen LogP contribution in [0.4, 0.5) is 11.4 Å². The van der Waals surface area contributed by atoms with E-state index in [1.807, 2.05) is 31.2 Å². The van der Waals surface area contributed by atoms with Gasteiger partial charge in [0.05, 0.1) is 16.8 Å². The SMILES string of the molecule is Cc1cccc(NC(=O)c2nc(C(=O)Nc3ccccc3C#N)n3ccccc23)c1. The van der Waals surface area contributed by atoms with Crippen molar-refractivity contribution in [3.63, 3.8) is 0 Å². The van der Waals surface area contributed by atoms with Crippen LogP contribution in [-0.2, 0) is 0 Å². The van der Waals surface area contributed by atoms with E-state index in [1.54, 1.807) is 59.1 Å². The summed E-state index contributed by atoms with van der Waals surface area (Å²) in [5, 5.41) is 14.8. The molecule has 4 aromatic rings. The topological polar surface area (TPSA) is 99.3 Å². The summed E-state index contributed by atoms with van der Waals surface area (Å²) in [6.07, 6.45) is 1.66. The lowest BCUT2D eigenvalue weighted by molar-refractivity contribution is 0.101. The van der Waals surface area contributed by atoms with Crippen LogP contribution in [0.15, 0.2) is 72.9 Å². The van der Waals surface area contributed by atoms with E-state index in [1.165, 1.54) is 0 Å². The number of rotatable bonds is 4. The summed E-state index contributed by atoms with van der Waals surface area (Å²) < 4.78 is 1.55. The Morgan fingerprint density at radius 2 is 1.77 bits per heavy atom. The maximum Gasteiger partial charge on any atom is 0.292 e. The molecule has 0 aliphatic rings. The number of para-hydroxylation sites is 1. The lowest BCUT2D eigenvalue weighted by Crippen LogP contribution is -2.17. The summed E-state index contributed by atoms with van der Waals surface area (Å²) in [5.74, 6) is -0.887. The van der Waals surface area contributed by atoms with Crippen LogP contribution in [-0.4, -0.2) is 21.2 Å². The molecule has 0 bridgehead atoms. The Bertz CT molecular complexity index is 1320. The van der Waals surface area contributed by atoms with Gasteiger partial charge in [0, 0.05) is 11.9 Å². The lowest BCUT2D eigenvalue weighted by atomic mass is 10.2. The maximum absolute atomic E-state index is 12.9. The second-order valence-corrected chi connectivity index (χ2v) is 6.68. The second-order valence-electron chi connectivity index (χ2n) is 6.68. The second kappa shape index (κ2) is 7.89. The molecule has 0 aliphatic carbocycles. The average molecular weight is 395 g/mol. The fraction of sp³-hybridized carbons (Fsp3) is 0.0435. The fourth-order valence-corrected chi connectivity index (χ4v) is 3.15. The summed E-state index contributed by atoms with van der Waals surface area (Å²) in [6, 6.07) is 21.4. The first-order chi connectivity index (χ1) is 14.6. The summed E-state index contributed by atoms with van der Waals surface area (Å²) >= 11 is 0. The van der Waals surface area contributed by atoms with Gasteiger partial charge in [-0.15, -0.1) is 0 Å². The van der Waals surface area contributed by atoms with Crippen LogP contribution in [0.1, 0.15) is 32.2 Å². The van der Waals surface area contributed by atoms with Crippen molar-refractivity contribution in [3.05, 3.63) is 95.6 Å². The summed E-state index contributed by atoms with van der Waals surface area (Å²) in [7, 11) is 0. The molecule has 2 aromatic heterocycles. The molecule has 146 valence electrons. The number of aryl methyl sites for hydroxylation is 1. The zero-order chi connectivity index (χ0) is 21.1. The van der Waals surface area contributed by atoms with E-state index in [-0.39, 0.29) is 11.5 Å². The highest BCUT2D eigenvalue weighted by molar-refractivity contribution is 6.10. The first-order valence-electron chi connectivity index (χ1n) is 9.22. The highest BCUT2D eigenvalue weighted by Crippen LogP contribution is 2.19. The molecule has 2 aromatic carbocycles. The molecule has 2 heterocycles. The van der Waals surface area contributed by atoms with Gasteiger partial charge in [0.1, 0.15) is 6.07 Å². The van der Waals surface area contributed by atoms with E-state index >= 15 is 0 Å². The Morgan fingerprint density at radius 1 is 0.967 bits per heavy atom. The molecule has 0 fully saturated rings. The van der Waals surface area contributed by atoms with E-state index < -0.39 is 11.8 Å². The molecule has 0 saturated heterocycles. The molecular weight excluding hydrogens is 378 g/mol. The molecule has 0 radical (unpaired) electrons. The minimum absolute atomic E-state index is 0.0488. The van der Waals surface area contributed by atoms with Gasteiger partial charge in [-0.3, -0.25) is 14.0 Å². The van der Waals surface area contributed by atoms with Crippen LogP contribution in [0.25, 0.3) is 5.52 Å². The van der Waals surface area contributed by atoms with E-state index in [4.69, 9.17) is 0 Å². The molecule has 0 saturated carbocycles. The minimum atomic E-state index is -0.520. The lowest BCUT2D eigenvalue weighted by Gasteiger charge is -2.05. The van der Waals surface area contributed by atoms with E-state index in [9.17, 15) is 14.9 Å². The predicted molar refractivity (Wildman–Crippen MR) is 113 cm³/mol. The zero-order valence-electron chi connectivity index (χ0n) is 16.1. The number of benzene rings is 2. The zero-order valence-corrected chi connectivity index (χ0v) is 16.1. The third-order valence-electron chi connectivity index (χ3n) is 4.54. The number of aromatic nitrogens is 2. The van der Waals surface area contributed by atoms with Crippen molar-refractivity contribution < 1.29 is 9.59 Å². The van der Waals surface area contributed by atoms with Gasteiger partial charge >= 0.3 is 0 Å². The van der Waals surface area contributed by atoms with Crippen molar-refractivity contribution in [3.8, 4) is 6.07 Å². The van der Waals surface area contributed by atoms with Crippen molar-refractivity contribution in [2.24, 2.45) is 0 Å². The third-order valence-corrected chi connectivity index (χ3v) is 4.54. The number of imidazole rings is 1. The largest absolute Gasteiger partial charge is 0.321 e. The molecule has 0 atom stereocenters. The summed E-state index contributed by atoms with van der Waals surface area (Å²) in [6.45, 7) is 1.93. The van der Waals surface area contributed by atoms with Crippen LogP contribution in [0, 0.1) is 18.3 Å². The number of amides is 2. The monoisotopic (exact) mass is 395 g/mol. The first-order valence-corrected chi connectivity index (χ1v) is 9.22. The Balaban J connectivity index is 1.69. The van der Waals surface area contributed by atoms with Crippen LogP contribution < -0.4 is 10.6 Å². The van der Waals surface area contributed by atoms with E-state index in [0.29, 0.717) is 22.5 Å².